The minimum atomic E-state index is -2.74. The zero-order valence-corrected chi connectivity index (χ0v) is 33.1. The Bertz CT molecular complexity index is 562. The molecule has 0 atom stereocenters. The van der Waals surface area contributed by atoms with Crippen molar-refractivity contribution in [2.24, 2.45) is 0 Å². The molecule has 0 saturated carbocycles. The van der Waals surface area contributed by atoms with E-state index >= 15 is 0 Å². The second-order valence-corrected chi connectivity index (χ2v) is 4.96. The van der Waals surface area contributed by atoms with Crippen LogP contribution in [0.1, 0.15) is 34.2 Å². The number of aliphatic carboxylic acids is 6. The Hall–Kier alpha value is 2.95. The molecule has 0 bridgehead atoms. The Kier molecular flexibility index (Phi) is 71.3. The molecule has 0 radical (unpaired) electrons. The summed E-state index contributed by atoms with van der Waals surface area (Å²) in [6.45, 7) is 0. The van der Waals surface area contributed by atoms with Crippen LogP contribution in [-0.2, 0) is 28.8 Å². The van der Waals surface area contributed by atoms with Crippen molar-refractivity contribution in [2.75, 3.05) is 0 Å². The molecule has 0 spiro atoms. The second kappa shape index (κ2) is 35.0. The number of hydrogen-bond donors (Lipinski definition) is 8. The van der Waals surface area contributed by atoms with E-state index < -0.39 is 72.7 Å². The molecule has 35 heavy (non-hydrogen) atoms. The van der Waals surface area contributed by atoms with Gasteiger partial charge < -0.3 is 60.4 Å². The second-order valence-electron chi connectivity index (χ2n) is 4.96. The van der Waals surface area contributed by atoms with Gasteiger partial charge in [-0.25, -0.2) is 9.59 Å². The van der Waals surface area contributed by atoms with Gasteiger partial charge in [-0.3, -0.25) is 19.2 Å². The van der Waals surface area contributed by atoms with E-state index in [-0.39, 0.29) is 209 Å². The predicted octanol–water partition coefficient (Wildman–Crippen LogP) is -21.0. The maximum Gasteiger partial charge on any atom is 1.00 e. The van der Waals surface area contributed by atoms with E-state index in [0.29, 0.717) is 0 Å². The van der Waals surface area contributed by atoms with Crippen molar-refractivity contribution in [2.45, 2.75) is 36.9 Å². The van der Waals surface area contributed by atoms with Crippen LogP contribution in [0.3, 0.4) is 0 Å². The standard InChI is InChI=1S/2C6H8O7.ClH.6Na.2H2O.6H/c2*7-3(8)1-6(13,5(11)12)2-4(9)10;;;;;;;;;;;;;;;/h2*13H,1-2H2,(H,7,8)(H,9,10)(H,11,12);1H;;;;;;;2*1H2;;;;;;/q;;;6*+1;;;6*-1. The minimum absolute atomic E-state index is 0. The summed E-state index contributed by atoms with van der Waals surface area (Å²) >= 11 is 0. The van der Waals surface area contributed by atoms with Crippen LogP contribution in [0, 0.1) is 0 Å². The Balaban J connectivity index is -0.0000000137. The van der Waals surface area contributed by atoms with Gasteiger partial charge in [0.2, 0.25) is 0 Å². The van der Waals surface area contributed by atoms with Gasteiger partial charge in [-0.2, -0.15) is 0 Å². The minimum Gasteiger partial charge on any atom is -1.00 e. The van der Waals surface area contributed by atoms with Gasteiger partial charge in [0.15, 0.2) is 11.2 Å². The van der Waals surface area contributed by atoms with Crippen molar-refractivity contribution in [3.05, 3.63) is 0 Å². The van der Waals surface area contributed by atoms with Gasteiger partial charge in [0.1, 0.15) is 0 Å². The monoisotopic (exact) mass is 600 g/mol. The molecule has 0 saturated heterocycles. The zero-order valence-electron chi connectivity index (χ0n) is 26.3. The predicted molar refractivity (Wildman–Crippen MR) is 95.3 cm³/mol. The largest absolute Gasteiger partial charge is 1.00 e. The molecule has 0 rings (SSSR count). The smallest absolute Gasteiger partial charge is 1.00 e. The summed E-state index contributed by atoms with van der Waals surface area (Å²) in [4.78, 5) is 61.0. The summed E-state index contributed by atoms with van der Waals surface area (Å²) < 4.78 is 0. The molecule has 0 aromatic heterocycles. The molecule has 0 aliphatic carbocycles. The molecule has 0 aliphatic rings. The summed E-state index contributed by atoms with van der Waals surface area (Å²) in [6.07, 6.45) is -4.58. The van der Waals surface area contributed by atoms with Crippen molar-refractivity contribution in [1.82, 2.24) is 0 Å². The van der Waals surface area contributed by atoms with Crippen LogP contribution in [0.5, 0.6) is 0 Å². The quantitative estimate of drug-likeness (QED) is 0.108. The van der Waals surface area contributed by atoms with Crippen LogP contribution in [-0.4, -0.2) is 98.8 Å². The first-order valence-corrected chi connectivity index (χ1v) is 6.34. The third kappa shape index (κ3) is 37.0. The van der Waals surface area contributed by atoms with Crippen LogP contribution >= 0.6 is 12.4 Å². The van der Waals surface area contributed by atoms with E-state index in [4.69, 9.17) is 40.9 Å². The summed E-state index contributed by atoms with van der Waals surface area (Å²) in [7, 11) is 0. The zero-order chi connectivity index (χ0) is 21.3. The molecular weight excluding hydrogens is 574 g/mol. The molecule has 16 nitrogen and oxygen atoms in total. The molecule has 12 N–H and O–H groups in total. The first-order valence-electron chi connectivity index (χ1n) is 6.34. The number of carboxylic acid groups (broad SMARTS) is 6. The van der Waals surface area contributed by atoms with Gasteiger partial charge in [-0.1, -0.05) is 0 Å². The Morgan fingerprint density at radius 2 is 0.571 bits per heavy atom. The summed E-state index contributed by atoms with van der Waals surface area (Å²) in [5.74, 6) is -10.0. The average Bonchev–Trinajstić information content (AvgIpc) is 2.34. The molecule has 0 aromatic carbocycles. The van der Waals surface area contributed by atoms with E-state index in [2.05, 4.69) is 0 Å². The molecule has 0 fully saturated rings. The molecule has 0 aliphatic heterocycles. The number of hydrogen-bond acceptors (Lipinski definition) is 8. The Labute approximate surface area is 346 Å². The Morgan fingerprint density at radius 3 is 0.629 bits per heavy atom. The average molecular weight is 601 g/mol. The van der Waals surface area contributed by atoms with E-state index in [1.807, 2.05) is 0 Å². The normalized spacial score (nSPS) is 8.06. The third-order valence-corrected chi connectivity index (χ3v) is 2.57. The van der Waals surface area contributed by atoms with Gasteiger partial charge >= 0.3 is 213 Å². The molecule has 0 unspecified atom stereocenters. The first kappa shape index (κ1) is 71.3. The molecular formula is C12H27ClNa6O16. The number of halogens is 1. The number of rotatable bonds is 10. The van der Waals surface area contributed by atoms with Gasteiger partial charge in [-0.05, 0) is 0 Å². The van der Waals surface area contributed by atoms with E-state index in [0.717, 1.165) is 0 Å². The van der Waals surface area contributed by atoms with Gasteiger partial charge in [0, 0.05) is 0 Å². The van der Waals surface area contributed by atoms with Crippen molar-refractivity contribution in [3.63, 3.8) is 0 Å². The van der Waals surface area contributed by atoms with Crippen LogP contribution in [0.25, 0.3) is 0 Å². The summed E-state index contributed by atoms with van der Waals surface area (Å²) in [5, 5.41) is 67.6. The van der Waals surface area contributed by atoms with E-state index in [9.17, 15) is 28.8 Å². The van der Waals surface area contributed by atoms with Gasteiger partial charge in [0.25, 0.3) is 0 Å². The van der Waals surface area contributed by atoms with E-state index in [1.54, 1.807) is 0 Å². The van der Waals surface area contributed by atoms with Crippen molar-refractivity contribution >= 4 is 48.2 Å². The topological polar surface area (TPSA) is 327 Å². The van der Waals surface area contributed by atoms with Crippen LogP contribution in [0.2, 0.25) is 0 Å². The maximum absolute atomic E-state index is 10.3. The molecule has 0 aromatic rings. The molecule has 184 valence electrons. The van der Waals surface area contributed by atoms with Crippen LogP contribution in [0.15, 0.2) is 0 Å². The summed E-state index contributed by atoms with van der Waals surface area (Å²) in [6, 6.07) is 0. The van der Waals surface area contributed by atoms with Gasteiger partial charge in [-0.15, -0.1) is 12.4 Å². The third-order valence-electron chi connectivity index (χ3n) is 2.57. The van der Waals surface area contributed by atoms with Crippen molar-refractivity contribution in [3.8, 4) is 0 Å². The van der Waals surface area contributed by atoms with Gasteiger partial charge in [0.05, 0.1) is 25.7 Å². The SMILES string of the molecule is Cl.O.O.O=C(O)CC(O)(CC(=O)O)C(=O)O.O=C(O)CC(O)(CC(=O)O)C(=O)O.[H-].[H-].[H-].[H-].[H-].[H-].[Na+].[Na+].[Na+].[Na+].[Na+].[Na+]. The maximum atomic E-state index is 10.3. The van der Waals surface area contributed by atoms with Crippen LogP contribution in [0.4, 0.5) is 0 Å². The van der Waals surface area contributed by atoms with Crippen molar-refractivity contribution < 1.29 is 266 Å². The Morgan fingerprint density at radius 1 is 0.457 bits per heavy atom. The fourth-order valence-corrected chi connectivity index (χ4v) is 1.43. The number of carboxylic acids is 6. The fourth-order valence-electron chi connectivity index (χ4n) is 1.43. The molecule has 0 amide bonds. The summed E-state index contributed by atoms with van der Waals surface area (Å²) in [5.41, 5.74) is -5.48. The number of aliphatic hydroxyl groups is 2. The number of carbonyl (C=O) groups is 6. The fraction of sp³-hybridized carbons (Fsp3) is 0.500. The van der Waals surface area contributed by atoms with Crippen LogP contribution < -0.4 is 177 Å². The van der Waals surface area contributed by atoms with E-state index in [1.165, 1.54) is 0 Å². The van der Waals surface area contributed by atoms with Crippen molar-refractivity contribution in [1.29, 1.82) is 0 Å². The molecule has 23 heteroatoms. The molecule has 0 heterocycles. The first-order chi connectivity index (χ1) is 11.6.